The molecule has 0 aromatic carbocycles. The molecule has 0 N–H and O–H groups in total. The van der Waals surface area contributed by atoms with E-state index in [1.807, 2.05) is 12.2 Å². The molecule has 0 heterocycles. The highest BCUT2D eigenvalue weighted by Crippen LogP contribution is 2.40. The summed E-state index contributed by atoms with van der Waals surface area (Å²) in [6.07, 6.45) is 14.8. The molecule has 1 aliphatic carbocycles. The van der Waals surface area contributed by atoms with Gasteiger partial charge in [0.05, 0.1) is 14.2 Å². The lowest BCUT2D eigenvalue weighted by atomic mass is 9.69. The van der Waals surface area contributed by atoms with Crippen molar-refractivity contribution in [1.82, 2.24) is 0 Å². The molecule has 0 bridgehead atoms. The van der Waals surface area contributed by atoms with Gasteiger partial charge in [0.1, 0.15) is 0 Å². The van der Waals surface area contributed by atoms with Crippen LogP contribution in [0.25, 0.3) is 0 Å². The second kappa shape index (κ2) is 8.51. The van der Waals surface area contributed by atoms with Gasteiger partial charge in [0.15, 0.2) is 5.41 Å². The SMILES string of the molecule is C#CCCC(C(=O)OC)(C(=O)OC)C1/C=C\CCCCC1. The Kier molecular flexibility index (Phi) is 7.01. The Labute approximate surface area is 126 Å². The number of allylic oxidation sites excluding steroid dienone is 2. The molecular formula is C17H24O4. The second-order valence-corrected chi connectivity index (χ2v) is 5.33. The molecule has 1 unspecified atom stereocenters. The van der Waals surface area contributed by atoms with Crippen LogP contribution in [0.3, 0.4) is 0 Å². The molecule has 1 rings (SSSR count). The van der Waals surface area contributed by atoms with Gasteiger partial charge in [-0.15, -0.1) is 12.3 Å². The summed E-state index contributed by atoms with van der Waals surface area (Å²) in [4.78, 5) is 24.8. The Balaban J connectivity index is 3.23. The van der Waals surface area contributed by atoms with Gasteiger partial charge in [-0.2, -0.15) is 0 Å². The second-order valence-electron chi connectivity index (χ2n) is 5.33. The molecule has 0 radical (unpaired) electrons. The average Bonchev–Trinajstić information content (AvgIpc) is 2.47. The van der Waals surface area contributed by atoms with Gasteiger partial charge < -0.3 is 9.47 Å². The maximum absolute atomic E-state index is 12.4. The first-order valence-electron chi connectivity index (χ1n) is 7.40. The maximum atomic E-state index is 12.4. The number of ether oxygens (including phenoxy) is 2. The highest BCUT2D eigenvalue weighted by molar-refractivity contribution is 6.00. The van der Waals surface area contributed by atoms with Gasteiger partial charge in [0.25, 0.3) is 0 Å². The molecule has 116 valence electrons. The summed E-state index contributed by atoms with van der Waals surface area (Å²) in [5.41, 5.74) is -1.33. The number of hydrogen-bond donors (Lipinski definition) is 0. The van der Waals surface area contributed by atoms with Gasteiger partial charge in [-0.1, -0.05) is 25.0 Å². The van der Waals surface area contributed by atoms with Gasteiger partial charge in [0, 0.05) is 12.3 Å². The lowest BCUT2D eigenvalue weighted by molar-refractivity contribution is -0.173. The Morgan fingerprint density at radius 3 is 2.48 bits per heavy atom. The third-order valence-electron chi connectivity index (χ3n) is 4.15. The normalized spacial score (nSPS) is 20.5. The molecule has 0 aromatic rings. The summed E-state index contributed by atoms with van der Waals surface area (Å²) in [6.45, 7) is 0. The van der Waals surface area contributed by atoms with E-state index in [4.69, 9.17) is 15.9 Å². The van der Waals surface area contributed by atoms with E-state index in [1.165, 1.54) is 14.2 Å². The Bertz CT molecular complexity index is 415. The summed E-state index contributed by atoms with van der Waals surface area (Å²) < 4.78 is 9.84. The number of terminal acetylenes is 1. The van der Waals surface area contributed by atoms with E-state index in [2.05, 4.69) is 5.92 Å². The molecule has 21 heavy (non-hydrogen) atoms. The van der Waals surface area contributed by atoms with Crippen LogP contribution in [-0.2, 0) is 19.1 Å². The van der Waals surface area contributed by atoms with Crippen LogP contribution < -0.4 is 0 Å². The minimum absolute atomic E-state index is 0.231. The summed E-state index contributed by atoms with van der Waals surface area (Å²) in [7, 11) is 2.59. The molecule has 0 spiro atoms. The lowest BCUT2D eigenvalue weighted by Gasteiger charge is -2.34. The highest BCUT2D eigenvalue weighted by atomic mass is 16.5. The van der Waals surface area contributed by atoms with Crippen LogP contribution in [0.5, 0.6) is 0 Å². The van der Waals surface area contributed by atoms with Crippen LogP contribution in [-0.4, -0.2) is 26.2 Å². The van der Waals surface area contributed by atoms with Gasteiger partial charge in [-0.25, -0.2) is 0 Å². The van der Waals surface area contributed by atoms with Crippen molar-refractivity contribution in [3.8, 4) is 12.3 Å². The van der Waals surface area contributed by atoms with E-state index in [1.54, 1.807) is 0 Å². The van der Waals surface area contributed by atoms with Crippen molar-refractivity contribution in [3.05, 3.63) is 12.2 Å². The van der Waals surface area contributed by atoms with Crippen molar-refractivity contribution < 1.29 is 19.1 Å². The lowest BCUT2D eigenvalue weighted by Crippen LogP contribution is -2.47. The summed E-state index contributed by atoms with van der Waals surface area (Å²) in [6, 6.07) is 0. The molecule has 4 heteroatoms. The average molecular weight is 292 g/mol. The van der Waals surface area contributed by atoms with Crippen molar-refractivity contribution in [2.75, 3.05) is 14.2 Å². The molecule has 0 fully saturated rings. The summed E-state index contributed by atoms with van der Waals surface area (Å²) in [5, 5.41) is 0. The van der Waals surface area contributed by atoms with E-state index in [-0.39, 0.29) is 12.3 Å². The first-order valence-corrected chi connectivity index (χ1v) is 7.40. The van der Waals surface area contributed by atoms with Gasteiger partial charge in [-0.05, 0) is 25.7 Å². The van der Waals surface area contributed by atoms with Gasteiger partial charge in [0.2, 0.25) is 0 Å². The Morgan fingerprint density at radius 1 is 1.24 bits per heavy atom. The zero-order chi connectivity index (χ0) is 15.7. The van der Waals surface area contributed by atoms with Gasteiger partial charge >= 0.3 is 11.9 Å². The zero-order valence-corrected chi connectivity index (χ0v) is 12.9. The van der Waals surface area contributed by atoms with E-state index in [9.17, 15) is 9.59 Å². The Morgan fingerprint density at radius 2 is 1.90 bits per heavy atom. The number of methoxy groups -OCH3 is 2. The molecule has 4 nitrogen and oxygen atoms in total. The van der Waals surface area contributed by atoms with Crippen LogP contribution in [0.4, 0.5) is 0 Å². The van der Waals surface area contributed by atoms with Crippen LogP contribution >= 0.6 is 0 Å². The summed E-state index contributed by atoms with van der Waals surface area (Å²) >= 11 is 0. The van der Waals surface area contributed by atoms with Gasteiger partial charge in [-0.3, -0.25) is 9.59 Å². The highest BCUT2D eigenvalue weighted by Gasteiger charge is 2.52. The molecule has 0 saturated carbocycles. The van der Waals surface area contributed by atoms with Crippen molar-refractivity contribution in [1.29, 1.82) is 0 Å². The van der Waals surface area contributed by atoms with Crippen LogP contribution in [0, 0.1) is 23.7 Å². The van der Waals surface area contributed by atoms with Crippen LogP contribution in [0.2, 0.25) is 0 Å². The predicted molar refractivity (Wildman–Crippen MR) is 80.2 cm³/mol. The van der Waals surface area contributed by atoms with Crippen LogP contribution in [0.15, 0.2) is 12.2 Å². The Hall–Kier alpha value is -1.76. The molecule has 0 saturated heterocycles. The molecule has 0 aromatic heterocycles. The van der Waals surface area contributed by atoms with Crippen LogP contribution in [0.1, 0.15) is 44.9 Å². The number of carbonyl (C=O) groups excluding carboxylic acids is 2. The quantitative estimate of drug-likeness (QED) is 0.338. The standard InChI is InChI=1S/C17H24O4/c1-4-5-13-17(15(18)20-2,16(19)21-3)14-11-9-7-6-8-10-12-14/h1,9,11,14H,5-8,10,12-13H2,2-3H3/b11-9-. The fraction of sp³-hybridized carbons (Fsp3) is 0.647. The van der Waals surface area contributed by atoms with E-state index in [0.29, 0.717) is 6.42 Å². The molecular weight excluding hydrogens is 268 g/mol. The summed E-state index contributed by atoms with van der Waals surface area (Å²) in [5.74, 6) is 1.17. The first-order chi connectivity index (χ1) is 10.1. The molecule has 1 atom stereocenters. The molecule has 0 amide bonds. The fourth-order valence-corrected chi connectivity index (χ4v) is 2.98. The smallest absolute Gasteiger partial charge is 0.323 e. The monoisotopic (exact) mass is 292 g/mol. The molecule has 1 aliphatic rings. The first kappa shape index (κ1) is 17.3. The third kappa shape index (κ3) is 3.87. The van der Waals surface area contributed by atoms with Crippen molar-refractivity contribution in [2.24, 2.45) is 11.3 Å². The van der Waals surface area contributed by atoms with Crippen molar-refractivity contribution in [3.63, 3.8) is 0 Å². The van der Waals surface area contributed by atoms with E-state index >= 15 is 0 Å². The third-order valence-corrected chi connectivity index (χ3v) is 4.15. The number of rotatable bonds is 5. The predicted octanol–water partition coefficient (Wildman–Crippen LogP) is 2.87. The fourth-order valence-electron chi connectivity index (χ4n) is 2.98. The zero-order valence-electron chi connectivity index (χ0n) is 12.9. The maximum Gasteiger partial charge on any atom is 0.323 e. The number of esters is 2. The van der Waals surface area contributed by atoms with E-state index in [0.717, 1.165) is 32.1 Å². The minimum Gasteiger partial charge on any atom is -0.468 e. The van der Waals surface area contributed by atoms with E-state index < -0.39 is 17.4 Å². The van der Waals surface area contributed by atoms with Crippen molar-refractivity contribution >= 4 is 11.9 Å². The number of hydrogen-bond acceptors (Lipinski definition) is 4. The largest absolute Gasteiger partial charge is 0.468 e. The number of carbonyl (C=O) groups is 2. The minimum atomic E-state index is -1.33. The van der Waals surface area contributed by atoms with Crippen molar-refractivity contribution in [2.45, 2.75) is 44.9 Å². The topological polar surface area (TPSA) is 52.6 Å². The molecule has 0 aliphatic heterocycles.